The molecule has 5 N–H and O–H groups in total. The molecule has 5 atom stereocenters. The van der Waals surface area contributed by atoms with Crippen molar-refractivity contribution >= 4 is 23.5 Å². The molecule has 0 unspecified atom stereocenters. The molecule has 1 aromatic carbocycles. The van der Waals surface area contributed by atoms with Crippen molar-refractivity contribution in [3.8, 4) is 5.75 Å². The SMILES string of the molecule is CC(=O)N[C@H]1[C@H](OCCCCCCNC(=O)CCCCC(=O)Oc2ccc([N+](=O)[O-])cc2)O[C@H](CO)[C@H](O)[C@@H]1O. The molecule has 0 radical (unpaired) electrons. The molecule has 1 heterocycles. The average Bonchev–Trinajstić information content (AvgIpc) is 2.91. The highest BCUT2D eigenvalue weighted by Gasteiger charge is 2.45. The van der Waals surface area contributed by atoms with Crippen LogP contribution < -0.4 is 15.4 Å². The molecule has 14 heteroatoms. The number of nitrogens with one attached hydrogen (secondary N) is 2. The highest BCUT2D eigenvalue weighted by atomic mass is 16.7. The van der Waals surface area contributed by atoms with Gasteiger partial charge in [-0.15, -0.1) is 0 Å². The molecule has 1 fully saturated rings. The van der Waals surface area contributed by atoms with Gasteiger partial charge in [-0.2, -0.15) is 0 Å². The van der Waals surface area contributed by atoms with Crippen molar-refractivity contribution in [1.82, 2.24) is 10.6 Å². The molecule has 0 aromatic heterocycles. The van der Waals surface area contributed by atoms with Gasteiger partial charge in [-0.25, -0.2) is 0 Å². The Hall–Kier alpha value is -3.17. The van der Waals surface area contributed by atoms with E-state index in [-0.39, 0.29) is 36.8 Å². The third kappa shape index (κ3) is 11.5. The first-order valence-electron chi connectivity index (χ1n) is 13.4. The topological polar surface area (TPSA) is 207 Å². The Labute approximate surface area is 232 Å². The Balaban J connectivity index is 1.51. The van der Waals surface area contributed by atoms with Crippen molar-refractivity contribution in [3.63, 3.8) is 0 Å². The molecular formula is C26H39N3O11. The van der Waals surface area contributed by atoms with Crippen LogP contribution in [0.25, 0.3) is 0 Å². The number of nitrogens with zero attached hydrogens (tertiary/aromatic N) is 1. The second-order valence-corrected chi connectivity index (χ2v) is 9.50. The van der Waals surface area contributed by atoms with E-state index in [0.29, 0.717) is 25.8 Å². The van der Waals surface area contributed by atoms with Crippen molar-refractivity contribution in [3.05, 3.63) is 34.4 Å². The van der Waals surface area contributed by atoms with Crippen LogP contribution >= 0.6 is 0 Å². The lowest BCUT2D eigenvalue weighted by Crippen LogP contribution is -2.64. The fraction of sp³-hybridized carbons (Fsp3) is 0.654. The normalized spacial score (nSPS) is 22.4. The molecule has 1 aromatic rings. The number of hydrogen-bond donors (Lipinski definition) is 5. The number of esters is 1. The van der Waals surface area contributed by atoms with E-state index in [9.17, 15) is 39.8 Å². The summed E-state index contributed by atoms with van der Waals surface area (Å²) in [5.74, 6) is -0.767. The first-order chi connectivity index (χ1) is 19.1. The van der Waals surface area contributed by atoms with E-state index < -0.39 is 54.1 Å². The molecule has 0 bridgehead atoms. The molecule has 2 amide bonds. The first-order valence-corrected chi connectivity index (χ1v) is 13.4. The summed E-state index contributed by atoms with van der Waals surface area (Å²) in [6.45, 7) is 1.56. The van der Waals surface area contributed by atoms with Crippen molar-refractivity contribution < 1.29 is 48.8 Å². The van der Waals surface area contributed by atoms with Gasteiger partial charge in [-0.3, -0.25) is 24.5 Å². The van der Waals surface area contributed by atoms with Crippen LogP contribution in [0.15, 0.2) is 24.3 Å². The summed E-state index contributed by atoms with van der Waals surface area (Å²) in [4.78, 5) is 45.4. The van der Waals surface area contributed by atoms with Crippen LogP contribution in [0.4, 0.5) is 5.69 Å². The molecule has 0 spiro atoms. The number of unbranched alkanes of at least 4 members (excludes halogenated alkanes) is 4. The molecule has 0 saturated carbocycles. The summed E-state index contributed by atoms with van der Waals surface area (Å²) in [5.41, 5.74) is -0.0937. The first kappa shape index (κ1) is 33.0. The minimum atomic E-state index is -1.36. The Kier molecular flexibility index (Phi) is 14.5. The van der Waals surface area contributed by atoms with Gasteiger partial charge in [0.1, 0.15) is 30.1 Å². The van der Waals surface area contributed by atoms with Crippen molar-refractivity contribution in [2.24, 2.45) is 0 Å². The number of rotatable bonds is 17. The number of non-ortho nitro benzene ring substituents is 1. The molecule has 224 valence electrons. The molecule has 2 rings (SSSR count). The lowest BCUT2D eigenvalue weighted by molar-refractivity contribution is -0.384. The standard InChI is InChI=1S/C26H39N3O11/c1-17(31)28-23-25(35)24(34)20(16-30)40-26(23)38-15-7-3-2-6-14-27-21(32)8-4-5-9-22(33)39-19-12-10-18(11-13-19)29(36)37/h10-13,20,23-26,30,34-35H,2-9,14-16H2,1H3,(H,27,32)(H,28,31)/t20-,23-,24+,25-,26-/m1/s1. The number of aliphatic hydroxyl groups is 3. The van der Waals surface area contributed by atoms with E-state index in [0.717, 1.165) is 19.3 Å². The Morgan fingerprint density at radius 2 is 1.68 bits per heavy atom. The molecule has 40 heavy (non-hydrogen) atoms. The van der Waals surface area contributed by atoms with Crippen molar-refractivity contribution in [2.45, 2.75) is 88.9 Å². The number of benzene rings is 1. The molecule has 1 saturated heterocycles. The minimum Gasteiger partial charge on any atom is -0.427 e. The van der Waals surface area contributed by atoms with Gasteiger partial charge in [0, 0.05) is 45.0 Å². The number of aliphatic hydroxyl groups excluding tert-OH is 3. The predicted octanol–water partition coefficient (Wildman–Crippen LogP) is 0.697. The quantitative estimate of drug-likeness (QED) is 0.0580. The summed E-state index contributed by atoms with van der Waals surface area (Å²) >= 11 is 0. The zero-order valence-corrected chi connectivity index (χ0v) is 22.5. The second-order valence-electron chi connectivity index (χ2n) is 9.50. The van der Waals surface area contributed by atoms with Crippen LogP contribution in [0.3, 0.4) is 0 Å². The number of ether oxygens (including phenoxy) is 3. The lowest BCUT2D eigenvalue weighted by atomic mass is 9.97. The lowest BCUT2D eigenvalue weighted by Gasteiger charge is -2.42. The third-order valence-electron chi connectivity index (χ3n) is 6.24. The van der Waals surface area contributed by atoms with Gasteiger partial charge in [-0.05, 0) is 37.8 Å². The zero-order valence-electron chi connectivity index (χ0n) is 22.5. The maximum Gasteiger partial charge on any atom is 0.311 e. The highest BCUT2D eigenvalue weighted by Crippen LogP contribution is 2.22. The van der Waals surface area contributed by atoms with Crippen LogP contribution in [0, 0.1) is 10.1 Å². The average molecular weight is 570 g/mol. The number of hydrogen-bond acceptors (Lipinski definition) is 11. The van der Waals surface area contributed by atoms with E-state index in [1.165, 1.54) is 31.2 Å². The summed E-state index contributed by atoms with van der Waals surface area (Å²) in [6, 6.07) is 4.26. The van der Waals surface area contributed by atoms with Crippen LogP contribution in [-0.2, 0) is 23.9 Å². The fourth-order valence-corrected chi connectivity index (χ4v) is 4.08. The summed E-state index contributed by atoms with van der Waals surface area (Å²) in [7, 11) is 0. The largest absolute Gasteiger partial charge is 0.427 e. The summed E-state index contributed by atoms with van der Waals surface area (Å²) in [5, 5.41) is 45.6. The van der Waals surface area contributed by atoms with Gasteiger partial charge in [0.2, 0.25) is 11.8 Å². The highest BCUT2D eigenvalue weighted by molar-refractivity contribution is 5.76. The predicted molar refractivity (Wildman–Crippen MR) is 140 cm³/mol. The Bertz CT molecular complexity index is 960. The summed E-state index contributed by atoms with van der Waals surface area (Å²) in [6.07, 6.45) is -0.271. The van der Waals surface area contributed by atoms with Crippen molar-refractivity contribution in [1.29, 1.82) is 0 Å². The maximum atomic E-state index is 12.0. The Morgan fingerprint density at radius 1 is 1.00 bits per heavy atom. The van der Waals surface area contributed by atoms with Crippen LogP contribution in [0.2, 0.25) is 0 Å². The second kappa shape index (κ2) is 17.5. The number of carbonyl (C=O) groups excluding carboxylic acids is 3. The zero-order chi connectivity index (χ0) is 29.5. The summed E-state index contributed by atoms with van der Waals surface area (Å²) < 4.78 is 16.3. The van der Waals surface area contributed by atoms with E-state index >= 15 is 0 Å². The van der Waals surface area contributed by atoms with Crippen LogP contribution in [-0.4, -0.2) is 88.4 Å². The minimum absolute atomic E-state index is 0.0937. The molecule has 14 nitrogen and oxygen atoms in total. The number of amides is 2. The third-order valence-corrected chi connectivity index (χ3v) is 6.24. The van der Waals surface area contributed by atoms with Gasteiger partial charge in [-0.1, -0.05) is 12.8 Å². The number of carbonyl (C=O) groups is 3. The van der Waals surface area contributed by atoms with E-state index in [4.69, 9.17) is 14.2 Å². The molecule has 1 aliphatic rings. The maximum absolute atomic E-state index is 12.0. The monoisotopic (exact) mass is 569 g/mol. The van der Waals surface area contributed by atoms with Crippen LogP contribution in [0.1, 0.15) is 58.3 Å². The van der Waals surface area contributed by atoms with Crippen LogP contribution in [0.5, 0.6) is 5.75 Å². The van der Waals surface area contributed by atoms with Gasteiger partial charge in [0.05, 0.1) is 11.5 Å². The smallest absolute Gasteiger partial charge is 0.311 e. The van der Waals surface area contributed by atoms with Gasteiger partial charge < -0.3 is 40.2 Å². The fourth-order valence-electron chi connectivity index (χ4n) is 4.08. The Morgan fingerprint density at radius 3 is 2.33 bits per heavy atom. The number of nitro benzene ring substituents is 1. The van der Waals surface area contributed by atoms with Gasteiger partial charge >= 0.3 is 5.97 Å². The molecule has 1 aliphatic heterocycles. The van der Waals surface area contributed by atoms with E-state index in [1.807, 2.05) is 0 Å². The van der Waals surface area contributed by atoms with E-state index in [2.05, 4.69) is 10.6 Å². The molecular weight excluding hydrogens is 530 g/mol. The molecule has 0 aliphatic carbocycles. The number of nitro groups is 1. The van der Waals surface area contributed by atoms with E-state index in [1.54, 1.807) is 0 Å². The van der Waals surface area contributed by atoms with Crippen molar-refractivity contribution in [2.75, 3.05) is 19.8 Å². The van der Waals surface area contributed by atoms with Gasteiger partial charge in [0.25, 0.3) is 5.69 Å². The van der Waals surface area contributed by atoms with Gasteiger partial charge in [0.15, 0.2) is 6.29 Å².